The Labute approximate surface area is 86.7 Å². The van der Waals surface area contributed by atoms with E-state index in [1.807, 2.05) is 6.92 Å². The van der Waals surface area contributed by atoms with Crippen LogP contribution in [0.5, 0.6) is 0 Å². The minimum atomic E-state index is 0.369. The average Bonchev–Trinajstić information content (AvgIpc) is 2.27. The van der Waals surface area contributed by atoms with Gasteiger partial charge in [-0.25, -0.2) is 0 Å². The van der Waals surface area contributed by atoms with Crippen LogP contribution < -0.4 is 0 Å². The summed E-state index contributed by atoms with van der Waals surface area (Å²) in [4.78, 5) is 14.4. The molecule has 2 aliphatic rings. The number of ketones is 1. The fourth-order valence-corrected chi connectivity index (χ4v) is 3.09. The number of Topliss-reactive ketones (excluding diaryl/α,β-unsaturated/α-hetero) is 1. The molecule has 0 aliphatic carbocycles. The highest BCUT2D eigenvalue weighted by Crippen LogP contribution is 2.31. The molecule has 0 spiro atoms. The molecule has 2 rings (SSSR count). The minimum absolute atomic E-state index is 0.369. The van der Waals surface area contributed by atoms with Gasteiger partial charge in [-0.15, -0.1) is 0 Å². The third-order valence-electron chi connectivity index (χ3n) is 3.85. The van der Waals surface area contributed by atoms with Crippen LogP contribution in [0.2, 0.25) is 0 Å². The van der Waals surface area contributed by atoms with Gasteiger partial charge < -0.3 is 0 Å². The van der Waals surface area contributed by atoms with Crippen LogP contribution >= 0.6 is 0 Å². The molecule has 0 bridgehead atoms. The SMILES string of the molecule is CCC(=O)C1CCCN2CCCCC12. The van der Waals surface area contributed by atoms with E-state index in [0.29, 0.717) is 17.7 Å². The van der Waals surface area contributed by atoms with Crippen molar-refractivity contribution < 1.29 is 4.79 Å². The molecule has 2 aliphatic heterocycles. The molecule has 80 valence electrons. The Balaban J connectivity index is 2.04. The summed E-state index contributed by atoms with van der Waals surface area (Å²) in [5.41, 5.74) is 0. The van der Waals surface area contributed by atoms with E-state index in [0.717, 1.165) is 12.8 Å². The van der Waals surface area contributed by atoms with Crippen LogP contribution in [0.15, 0.2) is 0 Å². The van der Waals surface area contributed by atoms with Crippen molar-refractivity contribution in [3.8, 4) is 0 Å². The third kappa shape index (κ3) is 1.85. The van der Waals surface area contributed by atoms with Gasteiger partial charge in [-0.1, -0.05) is 13.3 Å². The quantitative estimate of drug-likeness (QED) is 0.673. The number of carbonyl (C=O) groups is 1. The summed E-state index contributed by atoms with van der Waals surface area (Å²) < 4.78 is 0. The monoisotopic (exact) mass is 195 g/mol. The van der Waals surface area contributed by atoms with Gasteiger partial charge in [0.05, 0.1) is 0 Å². The molecule has 0 N–H and O–H groups in total. The lowest BCUT2D eigenvalue weighted by atomic mass is 9.80. The van der Waals surface area contributed by atoms with E-state index < -0.39 is 0 Å². The van der Waals surface area contributed by atoms with Crippen molar-refractivity contribution in [2.75, 3.05) is 13.1 Å². The normalized spacial score (nSPS) is 33.8. The van der Waals surface area contributed by atoms with Crippen molar-refractivity contribution in [3.05, 3.63) is 0 Å². The summed E-state index contributed by atoms with van der Waals surface area (Å²) in [5, 5.41) is 0. The first-order valence-electron chi connectivity index (χ1n) is 6.09. The van der Waals surface area contributed by atoms with Crippen molar-refractivity contribution in [3.63, 3.8) is 0 Å². The van der Waals surface area contributed by atoms with Gasteiger partial charge >= 0.3 is 0 Å². The van der Waals surface area contributed by atoms with E-state index in [9.17, 15) is 4.79 Å². The minimum Gasteiger partial charge on any atom is -0.300 e. The van der Waals surface area contributed by atoms with Crippen molar-refractivity contribution in [1.29, 1.82) is 0 Å². The molecule has 2 atom stereocenters. The first-order valence-corrected chi connectivity index (χ1v) is 6.09. The molecule has 0 aromatic rings. The van der Waals surface area contributed by atoms with Gasteiger partial charge in [-0.3, -0.25) is 9.69 Å². The number of rotatable bonds is 2. The molecule has 2 heteroatoms. The largest absolute Gasteiger partial charge is 0.300 e. The van der Waals surface area contributed by atoms with E-state index in [1.165, 1.54) is 38.8 Å². The maximum atomic E-state index is 11.8. The number of nitrogens with zero attached hydrogens (tertiary/aromatic N) is 1. The second-order valence-corrected chi connectivity index (χ2v) is 4.67. The van der Waals surface area contributed by atoms with Crippen LogP contribution in [0.1, 0.15) is 45.4 Å². The standard InChI is InChI=1S/C12H21NO/c1-2-12(14)10-6-5-9-13-8-4-3-7-11(10)13/h10-11H,2-9H2,1H3. The summed E-state index contributed by atoms with van der Waals surface area (Å²) in [5.74, 6) is 0.871. The Morgan fingerprint density at radius 3 is 2.79 bits per heavy atom. The molecule has 2 nitrogen and oxygen atoms in total. The molecule has 2 unspecified atom stereocenters. The second kappa shape index (κ2) is 4.43. The fourth-order valence-electron chi connectivity index (χ4n) is 3.09. The molecule has 2 fully saturated rings. The van der Waals surface area contributed by atoms with Crippen LogP contribution in [0.25, 0.3) is 0 Å². The van der Waals surface area contributed by atoms with E-state index >= 15 is 0 Å². The molecule has 0 saturated carbocycles. The zero-order chi connectivity index (χ0) is 9.97. The second-order valence-electron chi connectivity index (χ2n) is 4.67. The highest BCUT2D eigenvalue weighted by molar-refractivity contribution is 5.81. The molecular formula is C12H21NO. The first kappa shape index (κ1) is 10.2. The van der Waals surface area contributed by atoms with Gasteiger partial charge in [0.25, 0.3) is 0 Å². The maximum Gasteiger partial charge on any atom is 0.137 e. The molecule has 0 amide bonds. The van der Waals surface area contributed by atoms with Crippen LogP contribution in [-0.4, -0.2) is 29.8 Å². The summed E-state index contributed by atoms with van der Waals surface area (Å²) in [7, 11) is 0. The number of fused-ring (bicyclic) bond motifs is 1. The van der Waals surface area contributed by atoms with Gasteiger partial charge in [0, 0.05) is 18.4 Å². The van der Waals surface area contributed by atoms with E-state index in [4.69, 9.17) is 0 Å². The van der Waals surface area contributed by atoms with Crippen molar-refractivity contribution in [1.82, 2.24) is 4.90 Å². The van der Waals surface area contributed by atoms with Gasteiger partial charge in [0.2, 0.25) is 0 Å². The number of carbonyl (C=O) groups excluding carboxylic acids is 1. The molecule has 0 radical (unpaired) electrons. The summed E-state index contributed by atoms with van der Waals surface area (Å²) >= 11 is 0. The van der Waals surface area contributed by atoms with Gasteiger partial charge in [-0.2, -0.15) is 0 Å². The molecule has 2 heterocycles. The molecule has 0 aromatic heterocycles. The van der Waals surface area contributed by atoms with Crippen LogP contribution in [0, 0.1) is 5.92 Å². The Morgan fingerprint density at radius 2 is 2.00 bits per heavy atom. The number of hydrogen-bond acceptors (Lipinski definition) is 2. The fraction of sp³-hybridized carbons (Fsp3) is 0.917. The summed E-state index contributed by atoms with van der Waals surface area (Å²) in [6, 6.07) is 0.602. The predicted molar refractivity (Wildman–Crippen MR) is 57.2 cm³/mol. The van der Waals surface area contributed by atoms with Crippen LogP contribution in [0.3, 0.4) is 0 Å². The zero-order valence-corrected chi connectivity index (χ0v) is 9.17. The Morgan fingerprint density at radius 1 is 1.21 bits per heavy atom. The van der Waals surface area contributed by atoms with Crippen molar-refractivity contribution in [2.45, 2.75) is 51.5 Å². The van der Waals surface area contributed by atoms with Crippen LogP contribution in [0.4, 0.5) is 0 Å². The highest BCUT2D eigenvalue weighted by atomic mass is 16.1. The van der Waals surface area contributed by atoms with E-state index in [2.05, 4.69) is 4.90 Å². The van der Waals surface area contributed by atoms with Gasteiger partial charge in [0.15, 0.2) is 0 Å². The topological polar surface area (TPSA) is 20.3 Å². The Hall–Kier alpha value is -0.370. The van der Waals surface area contributed by atoms with E-state index in [-0.39, 0.29) is 0 Å². The summed E-state index contributed by atoms with van der Waals surface area (Å²) in [6.45, 7) is 4.47. The third-order valence-corrected chi connectivity index (χ3v) is 3.85. The lowest BCUT2D eigenvalue weighted by Crippen LogP contribution is -2.50. The lowest BCUT2D eigenvalue weighted by Gasteiger charge is -2.43. The average molecular weight is 195 g/mol. The van der Waals surface area contributed by atoms with Crippen LogP contribution in [-0.2, 0) is 4.79 Å². The Kier molecular flexibility index (Phi) is 3.22. The smallest absolute Gasteiger partial charge is 0.137 e. The van der Waals surface area contributed by atoms with Crippen molar-refractivity contribution in [2.24, 2.45) is 5.92 Å². The van der Waals surface area contributed by atoms with Gasteiger partial charge in [0.1, 0.15) is 5.78 Å². The van der Waals surface area contributed by atoms with Gasteiger partial charge in [-0.05, 0) is 38.8 Å². The van der Waals surface area contributed by atoms with E-state index in [1.54, 1.807) is 0 Å². The maximum absolute atomic E-state index is 11.8. The molecule has 2 saturated heterocycles. The number of hydrogen-bond donors (Lipinski definition) is 0. The first-order chi connectivity index (χ1) is 6.83. The highest BCUT2D eigenvalue weighted by Gasteiger charge is 2.35. The molecular weight excluding hydrogens is 174 g/mol. The Bertz CT molecular complexity index is 212. The molecule has 0 aromatic carbocycles. The zero-order valence-electron chi connectivity index (χ0n) is 9.17. The molecule has 14 heavy (non-hydrogen) atoms. The number of piperidine rings is 2. The van der Waals surface area contributed by atoms with Crippen molar-refractivity contribution >= 4 is 5.78 Å². The predicted octanol–water partition coefficient (Wildman–Crippen LogP) is 2.23. The lowest BCUT2D eigenvalue weighted by molar-refractivity contribution is -0.127. The summed E-state index contributed by atoms with van der Waals surface area (Å²) in [6.07, 6.45) is 7.03.